The summed E-state index contributed by atoms with van der Waals surface area (Å²) in [6.45, 7) is 5.13. The van der Waals surface area contributed by atoms with Crippen molar-refractivity contribution >= 4 is 5.91 Å². The highest BCUT2D eigenvalue weighted by molar-refractivity contribution is 6.01. The average Bonchev–Trinajstić information content (AvgIpc) is 2.79. The van der Waals surface area contributed by atoms with E-state index < -0.39 is 5.82 Å². The van der Waals surface area contributed by atoms with E-state index in [1.807, 2.05) is 48.2 Å². The molecule has 0 saturated carbocycles. The van der Waals surface area contributed by atoms with E-state index in [9.17, 15) is 9.18 Å². The molecule has 4 rings (SSSR count). The highest BCUT2D eigenvalue weighted by Crippen LogP contribution is 2.29. The van der Waals surface area contributed by atoms with E-state index in [0.717, 1.165) is 35.9 Å². The second-order valence-electron chi connectivity index (χ2n) is 8.14. The summed E-state index contributed by atoms with van der Waals surface area (Å²) in [4.78, 5) is 24.0. The van der Waals surface area contributed by atoms with Gasteiger partial charge in [0.15, 0.2) is 0 Å². The van der Waals surface area contributed by atoms with Crippen molar-refractivity contribution in [3.63, 3.8) is 0 Å². The molecule has 6 heteroatoms. The van der Waals surface area contributed by atoms with Crippen molar-refractivity contribution < 1.29 is 13.9 Å². The Hall–Kier alpha value is -3.28. The number of amides is 1. The van der Waals surface area contributed by atoms with Crippen LogP contribution in [0.3, 0.4) is 0 Å². The van der Waals surface area contributed by atoms with E-state index in [-0.39, 0.29) is 17.9 Å². The minimum atomic E-state index is -0.391. The number of piperidine rings is 1. The molecule has 1 aliphatic heterocycles. The molecule has 1 aliphatic rings. The van der Waals surface area contributed by atoms with Crippen LogP contribution >= 0.6 is 0 Å². The zero-order valence-corrected chi connectivity index (χ0v) is 17.8. The van der Waals surface area contributed by atoms with Gasteiger partial charge in [-0.05, 0) is 51.0 Å². The van der Waals surface area contributed by atoms with Crippen molar-refractivity contribution in [3.05, 3.63) is 77.9 Å². The first-order chi connectivity index (χ1) is 15.0. The number of benzene rings is 1. The van der Waals surface area contributed by atoms with Gasteiger partial charge in [0.2, 0.25) is 5.88 Å². The normalized spacial score (nSPS) is 18.6. The number of hydrogen-bond donors (Lipinski definition) is 0. The molecule has 1 aromatic carbocycles. The first kappa shape index (κ1) is 21.0. The molecule has 0 aliphatic carbocycles. The lowest BCUT2D eigenvalue weighted by Gasteiger charge is -2.38. The van der Waals surface area contributed by atoms with Crippen molar-refractivity contribution in [2.45, 2.75) is 32.7 Å². The van der Waals surface area contributed by atoms with Gasteiger partial charge >= 0.3 is 0 Å². The van der Waals surface area contributed by atoms with Crippen molar-refractivity contribution in [2.75, 3.05) is 13.2 Å². The molecule has 0 spiro atoms. The molecule has 160 valence electrons. The summed E-state index contributed by atoms with van der Waals surface area (Å²) in [6, 6.07) is 14.6. The predicted molar refractivity (Wildman–Crippen MR) is 117 cm³/mol. The van der Waals surface area contributed by atoms with Crippen molar-refractivity contribution in [3.8, 4) is 17.1 Å². The monoisotopic (exact) mass is 419 g/mol. The number of ether oxygens (including phenoxy) is 1. The fourth-order valence-electron chi connectivity index (χ4n) is 3.99. The topological polar surface area (TPSA) is 55.3 Å². The van der Waals surface area contributed by atoms with Crippen LogP contribution in [0.4, 0.5) is 4.39 Å². The molecule has 0 bridgehead atoms. The van der Waals surface area contributed by atoms with E-state index in [2.05, 4.69) is 16.9 Å². The summed E-state index contributed by atoms with van der Waals surface area (Å²) in [7, 11) is 0. The van der Waals surface area contributed by atoms with Gasteiger partial charge in [-0.2, -0.15) is 0 Å². The van der Waals surface area contributed by atoms with Gasteiger partial charge in [0.1, 0.15) is 5.82 Å². The van der Waals surface area contributed by atoms with Gasteiger partial charge in [-0.25, -0.2) is 9.37 Å². The number of pyridine rings is 2. The second kappa shape index (κ2) is 9.25. The Kier molecular flexibility index (Phi) is 6.26. The maximum absolute atomic E-state index is 13.6. The fraction of sp³-hybridized carbons (Fsp3) is 0.320. The molecule has 1 saturated heterocycles. The van der Waals surface area contributed by atoms with Gasteiger partial charge in [-0.3, -0.25) is 9.78 Å². The summed E-state index contributed by atoms with van der Waals surface area (Å²) in [5, 5.41) is 0. The fourth-order valence-corrected chi connectivity index (χ4v) is 3.99. The minimum absolute atomic E-state index is 0.0152. The summed E-state index contributed by atoms with van der Waals surface area (Å²) in [5.74, 6) is 0.211. The first-order valence-corrected chi connectivity index (χ1v) is 10.6. The molecule has 2 aromatic heterocycles. The van der Waals surface area contributed by atoms with E-state index in [4.69, 9.17) is 4.74 Å². The number of aromatic nitrogens is 2. The van der Waals surface area contributed by atoms with Gasteiger partial charge < -0.3 is 9.64 Å². The molecule has 3 aromatic rings. The van der Waals surface area contributed by atoms with Crippen molar-refractivity contribution in [2.24, 2.45) is 5.92 Å². The maximum Gasteiger partial charge on any atom is 0.254 e. The Bertz CT molecular complexity index is 1040. The largest absolute Gasteiger partial charge is 0.477 e. The number of rotatable bonds is 5. The number of likely N-dealkylation sites (tertiary alicyclic amines) is 1. The molecular weight excluding hydrogens is 393 g/mol. The lowest BCUT2D eigenvalue weighted by molar-refractivity contribution is 0.0503. The molecule has 1 amide bonds. The van der Waals surface area contributed by atoms with Crippen LogP contribution in [0, 0.1) is 18.7 Å². The standard InChI is InChI=1S/C25H26FN3O2/c1-17-6-10-21(23-5-3-4-12-27-23)22(13-17)25(30)29-15-19(8-7-18(29)2)16-31-24-11-9-20(26)14-28-24/h3-6,9-14,18-19H,7-8,15-16H2,1-2H3. The van der Waals surface area contributed by atoms with Gasteiger partial charge in [0.25, 0.3) is 5.91 Å². The molecule has 5 nitrogen and oxygen atoms in total. The van der Waals surface area contributed by atoms with Gasteiger partial charge in [0.05, 0.1) is 18.5 Å². The zero-order valence-electron chi connectivity index (χ0n) is 17.8. The molecule has 0 radical (unpaired) electrons. The van der Waals surface area contributed by atoms with Crippen LogP contribution in [0.25, 0.3) is 11.3 Å². The Balaban J connectivity index is 1.52. The summed E-state index contributed by atoms with van der Waals surface area (Å²) in [5.41, 5.74) is 3.34. The Morgan fingerprint density at radius 1 is 1.16 bits per heavy atom. The van der Waals surface area contributed by atoms with Crippen molar-refractivity contribution in [1.29, 1.82) is 0 Å². The Morgan fingerprint density at radius 3 is 2.77 bits per heavy atom. The average molecular weight is 420 g/mol. The van der Waals surface area contributed by atoms with Crippen LogP contribution in [-0.2, 0) is 0 Å². The number of nitrogens with zero attached hydrogens (tertiary/aromatic N) is 3. The molecule has 2 unspecified atom stereocenters. The number of aryl methyl sites for hydroxylation is 1. The zero-order chi connectivity index (χ0) is 21.8. The number of carbonyl (C=O) groups is 1. The van der Waals surface area contributed by atoms with E-state index in [0.29, 0.717) is 24.6 Å². The van der Waals surface area contributed by atoms with E-state index >= 15 is 0 Å². The summed E-state index contributed by atoms with van der Waals surface area (Å²) >= 11 is 0. The molecule has 2 atom stereocenters. The molecule has 0 N–H and O–H groups in total. The molecule has 31 heavy (non-hydrogen) atoms. The Morgan fingerprint density at radius 2 is 2.03 bits per heavy atom. The minimum Gasteiger partial charge on any atom is -0.477 e. The third-order valence-electron chi connectivity index (χ3n) is 5.75. The predicted octanol–water partition coefficient (Wildman–Crippen LogP) is 4.91. The van der Waals surface area contributed by atoms with Gasteiger partial charge in [-0.1, -0.05) is 23.8 Å². The van der Waals surface area contributed by atoms with E-state index in [1.54, 1.807) is 6.20 Å². The van der Waals surface area contributed by atoms with Crippen LogP contribution < -0.4 is 4.74 Å². The van der Waals surface area contributed by atoms with Crippen LogP contribution in [-0.4, -0.2) is 40.0 Å². The quantitative estimate of drug-likeness (QED) is 0.590. The highest BCUT2D eigenvalue weighted by Gasteiger charge is 2.31. The van der Waals surface area contributed by atoms with Crippen LogP contribution in [0.2, 0.25) is 0 Å². The number of halogens is 1. The number of hydrogen-bond acceptors (Lipinski definition) is 4. The van der Waals surface area contributed by atoms with Crippen LogP contribution in [0.15, 0.2) is 60.9 Å². The van der Waals surface area contributed by atoms with E-state index in [1.165, 1.54) is 12.1 Å². The van der Waals surface area contributed by atoms with Gasteiger partial charge in [-0.15, -0.1) is 0 Å². The van der Waals surface area contributed by atoms with Crippen molar-refractivity contribution in [1.82, 2.24) is 14.9 Å². The lowest BCUT2D eigenvalue weighted by atomic mass is 9.92. The molecule has 3 heterocycles. The molecular formula is C25H26FN3O2. The maximum atomic E-state index is 13.6. The van der Waals surface area contributed by atoms with Gasteiger partial charge in [0, 0.05) is 41.9 Å². The highest BCUT2D eigenvalue weighted by atomic mass is 19.1. The van der Waals surface area contributed by atoms with Crippen LogP contribution in [0.1, 0.15) is 35.7 Å². The molecule has 1 fully saturated rings. The third-order valence-corrected chi connectivity index (χ3v) is 5.75. The number of carbonyl (C=O) groups excluding carboxylic acids is 1. The SMILES string of the molecule is Cc1ccc(-c2ccccn2)c(C(=O)N2CC(COc3ccc(F)cn3)CCC2C)c1. The smallest absolute Gasteiger partial charge is 0.254 e. The van der Waals surface area contributed by atoms with Crippen LogP contribution in [0.5, 0.6) is 5.88 Å². The summed E-state index contributed by atoms with van der Waals surface area (Å²) in [6.07, 6.45) is 4.75. The third kappa shape index (κ3) is 4.90. The lowest BCUT2D eigenvalue weighted by Crippen LogP contribution is -2.47. The first-order valence-electron chi connectivity index (χ1n) is 10.6. The Labute approximate surface area is 181 Å². The summed E-state index contributed by atoms with van der Waals surface area (Å²) < 4.78 is 18.8. The second-order valence-corrected chi connectivity index (χ2v) is 8.14.